The smallest absolute Gasteiger partial charge is 0.222 e. The number of piperazine rings is 1. The fraction of sp³-hybridized carbons (Fsp3) is 0.696. The highest BCUT2D eigenvalue weighted by Gasteiger charge is 2.34. The summed E-state index contributed by atoms with van der Waals surface area (Å²) in [7, 11) is 0. The molecule has 2 aliphatic rings. The number of pyridine rings is 1. The Morgan fingerprint density at radius 2 is 1.93 bits per heavy atom. The van der Waals surface area contributed by atoms with Crippen molar-refractivity contribution in [2.24, 2.45) is 0 Å². The van der Waals surface area contributed by atoms with Crippen molar-refractivity contribution >= 4 is 11.7 Å². The third-order valence-corrected chi connectivity index (χ3v) is 5.97. The fourth-order valence-electron chi connectivity index (χ4n) is 4.26. The van der Waals surface area contributed by atoms with Gasteiger partial charge in [0.15, 0.2) is 0 Å². The van der Waals surface area contributed by atoms with E-state index in [-0.39, 0.29) is 17.4 Å². The van der Waals surface area contributed by atoms with E-state index in [2.05, 4.69) is 45.6 Å². The molecule has 3 heterocycles. The van der Waals surface area contributed by atoms with Gasteiger partial charge in [-0.25, -0.2) is 4.98 Å². The van der Waals surface area contributed by atoms with Gasteiger partial charge < -0.3 is 14.5 Å². The number of aromatic nitrogens is 1. The summed E-state index contributed by atoms with van der Waals surface area (Å²) in [5, 5.41) is 10.0. The predicted molar refractivity (Wildman–Crippen MR) is 114 cm³/mol. The highest BCUT2D eigenvalue weighted by Crippen LogP contribution is 2.37. The Bertz CT molecular complexity index is 802. The molecule has 6 nitrogen and oxygen atoms in total. The minimum Gasteiger partial charge on any atom is -0.370 e. The largest absolute Gasteiger partial charge is 0.370 e. The Morgan fingerprint density at radius 1 is 1.24 bits per heavy atom. The maximum Gasteiger partial charge on any atom is 0.222 e. The SMILES string of the molecule is CCCCC(=O)N1CCN(c2nc(C(C)C)c3c(c2C#N)CC(C)(C)OC3)CC1. The Balaban J connectivity index is 1.89. The van der Waals surface area contributed by atoms with Crippen LogP contribution in [0.5, 0.6) is 0 Å². The monoisotopic (exact) mass is 398 g/mol. The first-order chi connectivity index (χ1) is 13.8. The van der Waals surface area contributed by atoms with Crippen LogP contribution in [0.2, 0.25) is 0 Å². The van der Waals surface area contributed by atoms with Crippen LogP contribution in [0.4, 0.5) is 5.82 Å². The van der Waals surface area contributed by atoms with Crippen LogP contribution in [-0.4, -0.2) is 47.6 Å². The molecule has 29 heavy (non-hydrogen) atoms. The Hall–Kier alpha value is -2.13. The number of anilines is 1. The molecule has 0 atom stereocenters. The van der Waals surface area contributed by atoms with E-state index in [9.17, 15) is 10.1 Å². The average molecular weight is 399 g/mol. The van der Waals surface area contributed by atoms with E-state index >= 15 is 0 Å². The average Bonchev–Trinajstić information content (AvgIpc) is 2.70. The van der Waals surface area contributed by atoms with Crippen molar-refractivity contribution in [3.63, 3.8) is 0 Å². The van der Waals surface area contributed by atoms with E-state index in [1.165, 1.54) is 0 Å². The van der Waals surface area contributed by atoms with Gasteiger partial charge in [-0.1, -0.05) is 27.2 Å². The summed E-state index contributed by atoms with van der Waals surface area (Å²) in [6, 6.07) is 2.45. The van der Waals surface area contributed by atoms with Crippen molar-refractivity contribution < 1.29 is 9.53 Å². The molecule has 158 valence electrons. The molecule has 3 rings (SSSR count). The van der Waals surface area contributed by atoms with Gasteiger partial charge in [0.25, 0.3) is 0 Å². The molecule has 0 saturated carbocycles. The Morgan fingerprint density at radius 3 is 2.52 bits per heavy atom. The van der Waals surface area contributed by atoms with Crippen LogP contribution in [0.15, 0.2) is 0 Å². The minimum atomic E-state index is -0.282. The summed E-state index contributed by atoms with van der Waals surface area (Å²) < 4.78 is 6.03. The number of unbranched alkanes of at least 4 members (excludes halogenated alkanes) is 1. The van der Waals surface area contributed by atoms with E-state index in [4.69, 9.17) is 9.72 Å². The summed E-state index contributed by atoms with van der Waals surface area (Å²) in [5.41, 5.74) is 3.62. The van der Waals surface area contributed by atoms with Gasteiger partial charge in [0, 0.05) is 44.6 Å². The van der Waals surface area contributed by atoms with Gasteiger partial charge in [-0.2, -0.15) is 5.26 Å². The topological polar surface area (TPSA) is 69.5 Å². The van der Waals surface area contributed by atoms with Gasteiger partial charge in [0.05, 0.1) is 23.5 Å². The molecule has 0 N–H and O–H groups in total. The van der Waals surface area contributed by atoms with Gasteiger partial charge in [-0.15, -0.1) is 0 Å². The summed E-state index contributed by atoms with van der Waals surface area (Å²) in [6.45, 7) is 13.9. The number of hydrogen-bond donors (Lipinski definition) is 0. The van der Waals surface area contributed by atoms with Crippen LogP contribution in [0.1, 0.15) is 82.2 Å². The van der Waals surface area contributed by atoms with Crippen molar-refractivity contribution in [2.45, 2.75) is 78.4 Å². The van der Waals surface area contributed by atoms with E-state index in [0.717, 1.165) is 55.0 Å². The number of rotatable bonds is 5. The fourth-order valence-corrected chi connectivity index (χ4v) is 4.26. The zero-order valence-electron chi connectivity index (χ0n) is 18.5. The molecular weight excluding hydrogens is 364 g/mol. The van der Waals surface area contributed by atoms with E-state index in [0.29, 0.717) is 31.7 Å². The number of hydrogen-bond acceptors (Lipinski definition) is 5. The molecule has 1 saturated heterocycles. The molecular formula is C23H34N4O2. The predicted octanol–water partition coefficient (Wildman–Crippen LogP) is 3.77. The molecule has 1 aromatic heterocycles. The van der Waals surface area contributed by atoms with Crippen LogP contribution in [0.3, 0.4) is 0 Å². The molecule has 1 fully saturated rings. The lowest BCUT2D eigenvalue weighted by Crippen LogP contribution is -2.49. The number of nitriles is 1. The normalized spacial score (nSPS) is 18.5. The lowest BCUT2D eigenvalue weighted by Gasteiger charge is -2.38. The molecule has 0 radical (unpaired) electrons. The highest BCUT2D eigenvalue weighted by atomic mass is 16.5. The number of fused-ring (bicyclic) bond motifs is 1. The van der Waals surface area contributed by atoms with Crippen molar-refractivity contribution in [2.75, 3.05) is 31.1 Å². The standard InChI is InChI=1S/C23H34N4O2/c1-6-7-8-20(28)26-9-11-27(12-10-26)22-18(14-24)17-13-23(4,5)29-15-19(17)21(25-22)16(2)3/h16H,6-13,15H2,1-5H3. The molecule has 1 aromatic rings. The second kappa shape index (κ2) is 8.71. The quantitative estimate of drug-likeness (QED) is 0.755. The number of carbonyl (C=O) groups excluding carboxylic acids is 1. The van der Waals surface area contributed by atoms with E-state index in [1.807, 2.05) is 4.90 Å². The van der Waals surface area contributed by atoms with Gasteiger partial charge in [0.2, 0.25) is 5.91 Å². The summed E-state index contributed by atoms with van der Waals surface area (Å²) in [4.78, 5) is 21.5. The number of carbonyl (C=O) groups is 1. The number of amides is 1. The first kappa shape index (κ1) is 21.6. The number of ether oxygens (including phenoxy) is 1. The van der Waals surface area contributed by atoms with E-state index < -0.39 is 0 Å². The third-order valence-electron chi connectivity index (χ3n) is 5.97. The zero-order chi connectivity index (χ0) is 21.2. The second-order valence-corrected chi connectivity index (χ2v) is 9.12. The van der Waals surface area contributed by atoms with Crippen LogP contribution >= 0.6 is 0 Å². The zero-order valence-corrected chi connectivity index (χ0v) is 18.5. The molecule has 2 aliphatic heterocycles. The lowest BCUT2D eigenvalue weighted by molar-refractivity contribution is -0.131. The molecule has 0 spiro atoms. The van der Waals surface area contributed by atoms with Crippen LogP contribution in [0, 0.1) is 11.3 Å². The van der Waals surface area contributed by atoms with Crippen LogP contribution < -0.4 is 4.90 Å². The highest BCUT2D eigenvalue weighted by molar-refractivity contribution is 5.76. The van der Waals surface area contributed by atoms with Gasteiger partial charge in [-0.05, 0) is 31.7 Å². The van der Waals surface area contributed by atoms with Gasteiger partial charge in [0.1, 0.15) is 11.9 Å². The molecule has 1 amide bonds. The number of nitrogens with zero attached hydrogens (tertiary/aromatic N) is 4. The Kier molecular flexibility index (Phi) is 6.48. The third kappa shape index (κ3) is 4.56. The van der Waals surface area contributed by atoms with Crippen LogP contribution in [0.25, 0.3) is 0 Å². The van der Waals surface area contributed by atoms with Crippen LogP contribution in [-0.2, 0) is 22.6 Å². The summed E-state index contributed by atoms with van der Waals surface area (Å²) >= 11 is 0. The van der Waals surface area contributed by atoms with Crippen molar-refractivity contribution in [3.8, 4) is 6.07 Å². The van der Waals surface area contributed by atoms with Gasteiger partial charge >= 0.3 is 0 Å². The Labute approximate surface area is 174 Å². The molecule has 0 aliphatic carbocycles. The molecule has 0 bridgehead atoms. The molecule has 6 heteroatoms. The van der Waals surface area contributed by atoms with Crippen molar-refractivity contribution in [1.82, 2.24) is 9.88 Å². The second-order valence-electron chi connectivity index (χ2n) is 9.12. The summed E-state index contributed by atoms with van der Waals surface area (Å²) in [5.74, 6) is 1.29. The first-order valence-corrected chi connectivity index (χ1v) is 10.9. The first-order valence-electron chi connectivity index (χ1n) is 10.9. The maximum atomic E-state index is 12.4. The van der Waals surface area contributed by atoms with Gasteiger partial charge in [-0.3, -0.25) is 4.79 Å². The van der Waals surface area contributed by atoms with Crippen molar-refractivity contribution in [3.05, 3.63) is 22.4 Å². The molecule has 0 aromatic carbocycles. The summed E-state index contributed by atoms with van der Waals surface area (Å²) in [6.07, 6.45) is 3.33. The minimum absolute atomic E-state index is 0.243. The lowest BCUT2D eigenvalue weighted by atomic mass is 9.86. The maximum absolute atomic E-state index is 12.4. The van der Waals surface area contributed by atoms with E-state index in [1.54, 1.807) is 0 Å². The molecule has 0 unspecified atom stereocenters. The van der Waals surface area contributed by atoms with Crippen molar-refractivity contribution in [1.29, 1.82) is 5.26 Å².